The summed E-state index contributed by atoms with van der Waals surface area (Å²) in [5.74, 6) is -3.17. The van der Waals surface area contributed by atoms with Crippen molar-refractivity contribution < 1.29 is 34.7 Å². The van der Waals surface area contributed by atoms with Crippen LogP contribution < -0.4 is 4.74 Å². The van der Waals surface area contributed by atoms with Crippen LogP contribution in [0.1, 0.15) is 5.56 Å². The monoisotopic (exact) mass is 606 g/mol. The SMILES string of the molecule is Cc1ccccc1Oc1ccc2c(oc3ccccc32)c1-c1c2ccccc2c(-c2c(O)c(O)c(O)c(O)c2O)c2ccccc12. The van der Waals surface area contributed by atoms with Gasteiger partial charge in [-0.15, -0.1) is 0 Å². The van der Waals surface area contributed by atoms with E-state index in [0.717, 1.165) is 38.3 Å². The number of fused-ring (bicyclic) bond motifs is 5. The van der Waals surface area contributed by atoms with Crippen molar-refractivity contribution in [2.45, 2.75) is 6.92 Å². The Morgan fingerprint density at radius 2 is 0.891 bits per heavy atom. The van der Waals surface area contributed by atoms with Gasteiger partial charge in [-0.05, 0) is 58.3 Å². The zero-order valence-corrected chi connectivity index (χ0v) is 24.4. The predicted molar refractivity (Wildman–Crippen MR) is 179 cm³/mol. The molecule has 0 aliphatic carbocycles. The molecule has 8 aromatic rings. The number of aromatic hydroxyl groups is 5. The van der Waals surface area contributed by atoms with Gasteiger partial charge in [0.05, 0.1) is 11.1 Å². The van der Waals surface area contributed by atoms with E-state index in [9.17, 15) is 25.5 Å². The lowest BCUT2D eigenvalue weighted by Crippen LogP contribution is -1.95. The van der Waals surface area contributed by atoms with Crippen LogP contribution >= 0.6 is 0 Å². The van der Waals surface area contributed by atoms with Crippen LogP contribution in [0.25, 0.3) is 65.7 Å². The molecule has 0 saturated carbocycles. The molecule has 0 unspecified atom stereocenters. The average Bonchev–Trinajstić information content (AvgIpc) is 3.46. The summed E-state index contributed by atoms with van der Waals surface area (Å²) in [5.41, 5.74) is 3.94. The van der Waals surface area contributed by atoms with Crippen LogP contribution in [0, 0.1) is 6.92 Å². The second-order valence-electron chi connectivity index (χ2n) is 11.2. The van der Waals surface area contributed by atoms with E-state index in [-0.39, 0.29) is 5.56 Å². The van der Waals surface area contributed by atoms with E-state index in [4.69, 9.17) is 9.15 Å². The van der Waals surface area contributed by atoms with Gasteiger partial charge in [0.1, 0.15) is 22.7 Å². The third kappa shape index (κ3) is 3.85. The number of ether oxygens (including phenoxy) is 1. The fourth-order valence-electron chi connectivity index (χ4n) is 6.47. The van der Waals surface area contributed by atoms with Crippen molar-refractivity contribution in [2.75, 3.05) is 0 Å². The fourth-order valence-corrected chi connectivity index (χ4v) is 6.47. The van der Waals surface area contributed by atoms with Crippen LogP contribution in [-0.2, 0) is 0 Å². The molecule has 0 spiro atoms. The standard InChI is InChI=1S/C39H26O7/c1-20-10-2-8-16-27(20)45-29-19-18-26-21-11-7-9-17-28(21)46-39(26)32(29)30-22-12-3-5-14-24(22)31(25-15-6-4-13-23(25)30)33-34(40)36(42)38(44)37(43)35(33)41/h2-19,40-44H,1H3. The zero-order chi connectivity index (χ0) is 31.7. The van der Waals surface area contributed by atoms with Crippen LogP contribution in [0.2, 0.25) is 0 Å². The van der Waals surface area contributed by atoms with Crippen LogP contribution in [-0.4, -0.2) is 25.5 Å². The molecule has 5 N–H and O–H groups in total. The van der Waals surface area contributed by atoms with Crippen molar-refractivity contribution >= 4 is 43.5 Å². The third-order valence-electron chi connectivity index (χ3n) is 8.62. The zero-order valence-electron chi connectivity index (χ0n) is 24.4. The van der Waals surface area contributed by atoms with Crippen molar-refractivity contribution in [1.82, 2.24) is 0 Å². The lowest BCUT2D eigenvalue weighted by atomic mass is 9.84. The first-order valence-electron chi connectivity index (χ1n) is 14.7. The van der Waals surface area contributed by atoms with E-state index in [0.29, 0.717) is 39.0 Å². The van der Waals surface area contributed by atoms with E-state index in [2.05, 4.69) is 0 Å². The summed E-state index contributed by atoms with van der Waals surface area (Å²) in [5, 5.41) is 57.9. The predicted octanol–water partition coefficient (Wildman–Crippen LogP) is 9.86. The number of hydrogen-bond acceptors (Lipinski definition) is 7. The van der Waals surface area contributed by atoms with Crippen molar-refractivity contribution in [1.29, 1.82) is 0 Å². The summed E-state index contributed by atoms with van der Waals surface area (Å²) in [4.78, 5) is 0. The van der Waals surface area contributed by atoms with E-state index in [1.54, 1.807) is 0 Å². The van der Waals surface area contributed by atoms with Gasteiger partial charge < -0.3 is 34.7 Å². The highest BCUT2D eigenvalue weighted by Crippen LogP contribution is 2.58. The first-order valence-corrected chi connectivity index (χ1v) is 14.7. The van der Waals surface area contributed by atoms with Gasteiger partial charge >= 0.3 is 0 Å². The molecule has 0 aliphatic heterocycles. The van der Waals surface area contributed by atoms with E-state index in [1.165, 1.54) is 0 Å². The minimum absolute atomic E-state index is 0.218. The Morgan fingerprint density at radius 1 is 0.413 bits per heavy atom. The van der Waals surface area contributed by atoms with Gasteiger partial charge in [0, 0.05) is 21.9 Å². The molecule has 1 heterocycles. The van der Waals surface area contributed by atoms with Gasteiger partial charge in [-0.25, -0.2) is 0 Å². The molecule has 8 rings (SSSR count). The molecule has 0 atom stereocenters. The number of furan rings is 1. The van der Waals surface area contributed by atoms with Crippen molar-refractivity contribution in [3.05, 3.63) is 115 Å². The molecule has 1 aromatic heterocycles. The summed E-state index contributed by atoms with van der Waals surface area (Å²) in [6.07, 6.45) is 0. The number of aryl methyl sites for hydroxylation is 1. The van der Waals surface area contributed by atoms with Crippen LogP contribution in [0.15, 0.2) is 114 Å². The Bertz CT molecular complexity index is 2440. The number of rotatable bonds is 4. The normalized spacial score (nSPS) is 11.6. The molecule has 0 fully saturated rings. The highest BCUT2D eigenvalue weighted by atomic mass is 16.5. The number of benzene rings is 7. The van der Waals surface area contributed by atoms with Crippen molar-refractivity contribution in [2.24, 2.45) is 0 Å². The van der Waals surface area contributed by atoms with Gasteiger partial charge in [-0.2, -0.15) is 0 Å². The summed E-state index contributed by atoms with van der Waals surface area (Å²) >= 11 is 0. The topological polar surface area (TPSA) is 124 Å². The first kappa shape index (κ1) is 27.2. The molecule has 0 aliphatic rings. The Hall–Kier alpha value is -6.34. The third-order valence-corrected chi connectivity index (χ3v) is 8.62. The lowest BCUT2D eigenvalue weighted by molar-refractivity contribution is 0.330. The number of phenols is 5. The van der Waals surface area contributed by atoms with Crippen LogP contribution in [0.3, 0.4) is 0 Å². The maximum atomic E-state index is 11.1. The smallest absolute Gasteiger partial charge is 0.208 e. The second kappa shape index (κ2) is 10.1. The van der Waals surface area contributed by atoms with Gasteiger partial charge in [0.2, 0.25) is 17.2 Å². The number of hydrogen-bond donors (Lipinski definition) is 5. The lowest BCUT2D eigenvalue weighted by Gasteiger charge is -2.21. The number of para-hydroxylation sites is 2. The Labute approximate surface area is 262 Å². The summed E-state index contributed by atoms with van der Waals surface area (Å²) in [6.45, 7) is 1.98. The van der Waals surface area contributed by atoms with E-state index < -0.39 is 28.7 Å². The van der Waals surface area contributed by atoms with Gasteiger partial charge in [0.15, 0.2) is 11.5 Å². The summed E-state index contributed by atoms with van der Waals surface area (Å²) in [7, 11) is 0. The molecule has 46 heavy (non-hydrogen) atoms. The molecule has 7 aromatic carbocycles. The minimum Gasteiger partial charge on any atom is -0.504 e. The molecular weight excluding hydrogens is 580 g/mol. The van der Waals surface area contributed by atoms with Crippen LogP contribution in [0.4, 0.5) is 0 Å². The summed E-state index contributed by atoms with van der Waals surface area (Å²) < 4.78 is 13.2. The van der Waals surface area contributed by atoms with Crippen molar-refractivity contribution in [3.8, 4) is 62.5 Å². The molecule has 7 nitrogen and oxygen atoms in total. The molecule has 0 amide bonds. The highest BCUT2D eigenvalue weighted by molar-refractivity contribution is 6.26. The Balaban J connectivity index is 1.56. The second-order valence-corrected chi connectivity index (χ2v) is 11.2. The quantitative estimate of drug-likeness (QED) is 0.0767. The molecule has 0 bridgehead atoms. The highest BCUT2D eigenvalue weighted by Gasteiger charge is 2.29. The summed E-state index contributed by atoms with van der Waals surface area (Å²) in [6, 6.07) is 34.5. The maximum absolute atomic E-state index is 11.1. The molecule has 0 radical (unpaired) electrons. The maximum Gasteiger partial charge on any atom is 0.208 e. The van der Waals surface area contributed by atoms with Gasteiger partial charge in [-0.1, -0.05) is 84.9 Å². The average molecular weight is 607 g/mol. The molecule has 0 saturated heterocycles. The first-order chi connectivity index (χ1) is 22.3. The molecule has 7 heteroatoms. The Kier molecular flexibility index (Phi) is 5.98. The van der Waals surface area contributed by atoms with Gasteiger partial charge in [-0.3, -0.25) is 0 Å². The van der Waals surface area contributed by atoms with Crippen LogP contribution in [0.5, 0.6) is 40.2 Å². The largest absolute Gasteiger partial charge is 0.504 e. The van der Waals surface area contributed by atoms with Gasteiger partial charge in [0.25, 0.3) is 0 Å². The van der Waals surface area contributed by atoms with E-state index >= 15 is 0 Å². The fraction of sp³-hybridized carbons (Fsp3) is 0.0256. The number of phenolic OH excluding ortho intramolecular Hbond substituents is 5. The molecule has 224 valence electrons. The Morgan fingerprint density at radius 3 is 1.48 bits per heavy atom. The van der Waals surface area contributed by atoms with Crippen molar-refractivity contribution in [3.63, 3.8) is 0 Å². The minimum atomic E-state index is -1.02. The molecular formula is C39H26O7. The van der Waals surface area contributed by atoms with E-state index in [1.807, 2.05) is 116 Å².